The van der Waals surface area contributed by atoms with Crippen LogP contribution >= 0.6 is 0 Å². The average Bonchev–Trinajstić information content (AvgIpc) is 2.89. The molecule has 1 fully saturated rings. The Kier molecular flexibility index (Phi) is 8.75. The number of hydrogen-bond acceptors (Lipinski definition) is 4. The maximum absolute atomic E-state index is 10.7. The van der Waals surface area contributed by atoms with Crippen molar-refractivity contribution in [3.8, 4) is 5.75 Å². The van der Waals surface area contributed by atoms with Gasteiger partial charge in [-0.2, -0.15) is 0 Å². The minimum Gasteiger partial charge on any atom is -0.491 e. The zero-order valence-corrected chi connectivity index (χ0v) is 20.5. The molecule has 3 aromatic rings. The van der Waals surface area contributed by atoms with Gasteiger partial charge in [-0.25, -0.2) is 0 Å². The van der Waals surface area contributed by atoms with Crippen LogP contribution in [0.5, 0.6) is 5.75 Å². The van der Waals surface area contributed by atoms with E-state index in [1.165, 1.54) is 16.7 Å². The maximum Gasteiger partial charge on any atom is 0.122 e. The Bertz CT molecular complexity index is 947. The Balaban J connectivity index is 1.32. The molecule has 0 spiro atoms. The van der Waals surface area contributed by atoms with Gasteiger partial charge in [-0.15, -0.1) is 0 Å². The summed E-state index contributed by atoms with van der Waals surface area (Å²) in [5.41, 5.74) is 3.88. The van der Waals surface area contributed by atoms with Gasteiger partial charge in [-0.3, -0.25) is 9.80 Å². The number of nitrogens with zero attached hydrogens (tertiary/aromatic N) is 2. The van der Waals surface area contributed by atoms with E-state index in [9.17, 15) is 5.11 Å². The second-order valence-corrected chi connectivity index (χ2v) is 9.37. The molecule has 0 unspecified atom stereocenters. The Morgan fingerprint density at radius 2 is 1.35 bits per heavy atom. The Morgan fingerprint density at radius 1 is 0.794 bits per heavy atom. The molecule has 0 radical (unpaired) electrons. The summed E-state index contributed by atoms with van der Waals surface area (Å²) < 4.78 is 6.05. The third-order valence-corrected chi connectivity index (χ3v) is 6.97. The zero-order valence-electron chi connectivity index (χ0n) is 20.5. The number of piperazine rings is 1. The summed E-state index contributed by atoms with van der Waals surface area (Å²) in [4.78, 5) is 4.92. The van der Waals surface area contributed by atoms with Crippen molar-refractivity contribution >= 4 is 0 Å². The van der Waals surface area contributed by atoms with Crippen molar-refractivity contribution in [1.29, 1.82) is 0 Å². The summed E-state index contributed by atoms with van der Waals surface area (Å²) >= 11 is 0. The van der Waals surface area contributed by atoms with Crippen molar-refractivity contribution in [2.45, 2.75) is 38.3 Å². The van der Waals surface area contributed by atoms with Gasteiger partial charge in [0.15, 0.2) is 0 Å². The molecule has 0 bridgehead atoms. The van der Waals surface area contributed by atoms with Crippen molar-refractivity contribution in [2.24, 2.45) is 0 Å². The molecule has 4 nitrogen and oxygen atoms in total. The lowest BCUT2D eigenvalue weighted by molar-refractivity contribution is 0.0398. The smallest absolute Gasteiger partial charge is 0.122 e. The van der Waals surface area contributed by atoms with Gasteiger partial charge in [0.2, 0.25) is 0 Å². The molecule has 180 valence electrons. The Hall–Kier alpha value is -2.66. The quantitative estimate of drug-likeness (QED) is 0.444. The van der Waals surface area contributed by atoms with Crippen LogP contribution in [0.2, 0.25) is 0 Å². The molecule has 1 N–H and O–H groups in total. The van der Waals surface area contributed by atoms with Crippen LogP contribution in [0.15, 0.2) is 84.9 Å². The first-order chi connectivity index (χ1) is 16.7. The normalized spacial score (nSPS) is 16.9. The van der Waals surface area contributed by atoms with Gasteiger partial charge >= 0.3 is 0 Å². The number of ether oxygens (including phenoxy) is 1. The standard InChI is InChI=1S/C30H38N2O2/c1-3-24(2)28-16-10-11-17-29(28)34-23-27(33)22-31-18-20-32(21-19-31)30(25-12-6-4-7-13-25)26-14-8-5-9-15-26/h4-17,24,27,30,33H,3,18-23H2,1-2H3/t24-,27+/m1/s1. The van der Waals surface area contributed by atoms with Crippen LogP contribution in [0, 0.1) is 0 Å². The first kappa shape index (κ1) is 24.5. The fourth-order valence-corrected chi connectivity index (χ4v) is 4.86. The highest BCUT2D eigenvalue weighted by Crippen LogP contribution is 2.30. The third kappa shape index (κ3) is 6.26. The molecule has 0 aromatic heterocycles. The first-order valence-electron chi connectivity index (χ1n) is 12.6. The minimum atomic E-state index is -0.504. The maximum atomic E-state index is 10.7. The van der Waals surface area contributed by atoms with Crippen molar-refractivity contribution < 1.29 is 9.84 Å². The monoisotopic (exact) mass is 458 g/mol. The van der Waals surface area contributed by atoms with Crippen LogP contribution < -0.4 is 4.74 Å². The van der Waals surface area contributed by atoms with E-state index in [1.807, 2.05) is 12.1 Å². The molecule has 1 aliphatic heterocycles. The van der Waals surface area contributed by atoms with Gasteiger partial charge < -0.3 is 9.84 Å². The SMILES string of the molecule is CC[C@@H](C)c1ccccc1OC[C@@H](O)CN1CCN(C(c2ccccc2)c2ccccc2)CC1. The number of aliphatic hydroxyl groups excluding tert-OH is 1. The van der Waals surface area contributed by atoms with E-state index in [0.29, 0.717) is 19.1 Å². The fourth-order valence-electron chi connectivity index (χ4n) is 4.86. The molecule has 0 aliphatic carbocycles. The van der Waals surface area contributed by atoms with Crippen LogP contribution in [-0.4, -0.2) is 60.3 Å². The second-order valence-electron chi connectivity index (χ2n) is 9.37. The van der Waals surface area contributed by atoms with Crippen molar-refractivity contribution in [3.63, 3.8) is 0 Å². The van der Waals surface area contributed by atoms with Gasteiger partial charge in [0.1, 0.15) is 18.5 Å². The molecule has 1 saturated heterocycles. The molecule has 34 heavy (non-hydrogen) atoms. The molecule has 4 heteroatoms. The van der Waals surface area contributed by atoms with Crippen LogP contribution in [0.25, 0.3) is 0 Å². The molecule has 0 saturated carbocycles. The topological polar surface area (TPSA) is 35.9 Å². The highest BCUT2D eigenvalue weighted by atomic mass is 16.5. The first-order valence-corrected chi connectivity index (χ1v) is 12.6. The zero-order chi connectivity index (χ0) is 23.8. The van der Waals surface area contributed by atoms with Gasteiger partial charge in [0, 0.05) is 32.7 Å². The van der Waals surface area contributed by atoms with E-state index in [-0.39, 0.29) is 6.04 Å². The van der Waals surface area contributed by atoms with Crippen molar-refractivity contribution in [2.75, 3.05) is 39.3 Å². The molecule has 0 amide bonds. The Morgan fingerprint density at radius 3 is 1.94 bits per heavy atom. The molecular formula is C30H38N2O2. The van der Waals surface area contributed by atoms with Gasteiger partial charge in [-0.1, -0.05) is 92.7 Å². The predicted octanol–water partition coefficient (Wildman–Crippen LogP) is 5.35. The largest absolute Gasteiger partial charge is 0.491 e. The third-order valence-electron chi connectivity index (χ3n) is 6.97. The van der Waals surface area contributed by atoms with E-state index in [0.717, 1.165) is 38.3 Å². The molecule has 4 rings (SSSR count). The van der Waals surface area contributed by atoms with E-state index in [1.54, 1.807) is 0 Å². The van der Waals surface area contributed by atoms with E-state index < -0.39 is 6.10 Å². The highest BCUT2D eigenvalue weighted by molar-refractivity contribution is 5.36. The van der Waals surface area contributed by atoms with Crippen LogP contribution in [0.3, 0.4) is 0 Å². The van der Waals surface area contributed by atoms with Crippen LogP contribution in [0.1, 0.15) is 48.9 Å². The van der Waals surface area contributed by atoms with Gasteiger partial charge in [0.25, 0.3) is 0 Å². The number of hydrogen-bond donors (Lipinski definition) is 1. The predicted molar refractivity (Wildman–Crippen MR) is 139 cm³/mol. The minimum absolute atomic E-state index is 0.259. The molecule has 3 aromatic carbocycles. The molecular weight excluding hydrogens is 420 g/mol. The van der Waals surface area contributed by atoms with Crippen LogP contribution in [-0.2, 0) is 0 Å². The van der Waals surface area contributed by atoms with Crippen molar-refractivity contribution in [3.05, 3.63) is 102 Å². The lowest BCUT2D eigenvalue weighted by Crippen LogP contribution is -2.50. The molecule has 1 heterocycles. The highest BCUT2D eigenvalue weighted by Gasteiger charge is 2.27. The van der Waals surface area contributed by atoms with Crippen molar-refractivity contribution in [1.82, 2.24) is 9.80 Å². The van der Waals surface area contributed by atoms with Gasteiger partial charge in [-0.05, 0) is 35.1 Å². The van der Waals surface area contributed by atoms with E-state index >= 15 is 0 Å². The molecule has 2 atom stereocenters. The Labute approximate surface area is 204 Å². The van der Waals surface area contributed by atoms with Gasteiger partial charge in [0.05, 0.1) is 6.04 Å². The fraction of sp³-hybridized carbons (Fsp3) is 0.400. The molecule has 1 aliphatic rings. The van der Waals surface area contributed by atoms with E-state index in [2.05, 4.69) is 96.4 Å². The summed E-state index contributed by atoms with van der Waals surface area (Å²) in [6.07, 6.45) is 0.566. The lowest BCUT2D eigenvalue weighted by atomic mass is 9.96. The number of benzene rings is 3. The summed E-state index contributed by atoms with van der Waals surface area (Å²) in [6, 6.07) is 30.0. The second kappa shape index (κ2) is 12.2. The number of rotatable bonds is 10. The summed E-state index contributed by atoms with van der Waals surface area (Å²) in [5, 5.41) is 10.7. The number of para-hydroxylation sites is 1. The summed E-state index contributed by atoms with van der Waals surface area (Å²) in [6.45, 7) is 9.20. The summed E-state index contributed by atoms with van der Waals surface area (Å²) in [5.74, 6) is 1.35. The average molecular weight is 459 g/mol. The van der Waals surface area contributed by atoms with Crippen LogP contribution in [0.4, 0.5) is 0 Å². The number of aliphatic hydroxyl groups is 1. The lowest BCUT2D eigenvalue weighted by Gasteiger charge is -2.40. The number of β-amino-alcohol motifs (C(OH)–C–C–N with tert-alkyl or cyclic N) is 1. The van der Waals surface area contributed by atoms with E-state index in [4.69, 9.17) is 4.74 Å². The summed E-state index contributed by atoms with van der Waals surface area (Å²) in [7, 11) is 0.